The molecule has 0 radical (unpaired) electrons. The Bertz CT molecular complexity index is 1100. The highest BCUT2D eigenvalue weighted by atomic mass is 16.6. The van der Waals surface area contributed by atoms with Gasteiger partial charge in [0, 0.05) is 13.1 Å². The normalized spacial score (nSPS) is 13.8. The molecule has 3 rings (SSSR count). The van der Waals surface area contributed by atoms with Crippen molar-refractivity contribution in [2.75, 3.05) is 40.0 Å². The number of carbonyl (C=O) groups is 2. The van der Waals surface area contributed by atoms with E-state index in [0.717, 1.165) is 11.1 Å². The third-order valence-electron chi connectivity index (χ3n) is 5.27. The molecule has 1 heterocycles. The van der Waals surface area contributed by atoms with Crippen molar-refractivity contribution < 1.29 is 28.5 Å². The van der Waals surface area contributed by atoms with Crippen LogP contribution >= 0.6 is 0 Å². The van der Waals surface area contributed by atoms with Crippen LogP contribution in [-0.4, -0.2) is 56.8 Å². The number of amides is 1. The number of carbonyl (C=O) groups excluding carboxylic acids is 2. The van der Waals surface area contributed by atoms with Crippen LogP contribution in [0.25, 0.3) is 6.08 Å². The van der Waals surface area contributed by atoms with E-state index in [4.69, 9.17) is 18.9 Å². The monoisotopic (exact) mass is 450 g/mol. The summed E-state index contributed by atoms with van der Waals surface area (Å²) in [7, 11) is 1.44. The average molecular weight is 450 g/mol. The number of ether oxygens (including phenoxy) is 4. The van der Waals surface area contributed by atoms with Crippen molar-refractivity contribution in [2.45, 2.75) is 13.8 Å². The molecule has 0 spiro atoms. The second-order valence-electron chi connectivity index (χ2n) is 7.45. The van der Waals surface area contributed by atoms with Gasteiger partial charge in [-0.2, -0.15) is 5.26 Å². The third kappa shape index (κ3) is 6.11. The van der Waals surface area contributed by atoms with Crippen LogP contribution in [0.5, 0.6) is 17.2 Å². The highest BCUT2D eigenvalue weighted by Crippen LogP contribution is 2.29. The molecule has 1 fully saturated rings. The van der Waals surface area contributed by atoms with Crippen molar-refractivity contribution in [1.82, 2.24) is 4.90 Å². The molecular weight excluding hydrogens is 424 g/mol. The van der Waals surface area contributed by atoms with Gasteiger partial charge in [-0.25, -0.2) is 4.79 Å². The van der Waals surface area contributed by atoms with Crippen molar-refractivity contribution in [1.29, 1.82) is 5.26 Å². The highest BCUT2D eigenvalue weighted by Gasteiger charge is 2.21. The van der Waals surface area contributed by atoms with Crippen LogP contribution in [0.2, 0.25) is 0 Å². The minimum atomic E-state index is -0.585. The number of esters is 1. The maximum Gasteiger partial charge on any atom is 0.349 e. The maximum absolute atomic E-state index is 12.6. The molecule has 2 aromatic carbocycles. The van der Waals surface area contributed by atoms with Gasteiger partial charge in [-0.15, -0.1) is 0 Å². The fourth-order valence-corrected chi connectivity index (χ4v) is 3.27. The molecule has 1 aliphatic rings. The minimum Gasteiger partial charge on any atom is -0.493 e. The summed E-state index contributed by atoms with van der Waals surface area (Å²) >= 11 is 0. The van der Waals surface area contributed by atoms with Gasteiger partial charge in [-0.05, 0) is 54.8 Å². The van der Waals surface area contributed by atoms with E-state index in [9.17, 15) is 14.9 Å². The summed E-state index contributed by atoms with van der Waals surface area (Å²) in [5, 5.41) is 9.47. The Morgan fingerprint density at radius 1 is 1.12 bits per heavy atom. The summed E-state index contributed by atoms with van der Waals surface area (Å²) in [5.74, 6) is 0.187. The second kappa shape index (κ2) is 11.2. The lowest BCUT2D eigenvalue weighted by Gasteiger charge is -2.26. The number of benzene rings is 2. The molecule has 2 aromatic rings. The predicted octanol–water partition coefficient (Wildman–Crippen LogP) is 3.06. The first-order valence-corrected chi connectivity index (χ1v) is 10.5. The Kier molecular flexibility index (Phi) is 8.06. The molecule has 0 unspecified atom stereocenters. The van der Waals surface area contributed by atoms with Crippen LogP contribution in [0.3, 0.4) is 0 Å². The molecule has 0 atom stereocenters. The van der Waals surface area contributed by atoms with E-state index in [1.165, 1.54) is 13.2 Å². The lowest BCUT2D eigenvalue weighted by Crippen LogP contribution is -2.41. The van der Waals surface area contributed by atoms with Gasteiger partial charge >= 0.3 is 5.97 Å². The molecule has 0 N–H and O–H groups in total. The molecular formula is C25H26N2O6. The fraction of sp³-hybridized carbons (Fsp3) is 0.320. The van der Waals surface area contributed by atoms with Gasteiger partial charge in [0.15, 0.2) is 18.1 Å². The molecule has 8 heteroatoms. The van der Waals surface area contributed by atoms with Crippen molar-refractivity contribution >= 4 is 18.0 Å². The summed E-state index contributed by atoms with van der Waals surface area (Å²) in [4.78, 5) is 26.5. The zero-order valence-corrected chi connectivity index (χ0v) is 18.9. The van der Waals surface area contributed by atoms with E-state index < -0.39 is 5.97 Å². The summed E-state index contributed by atoms with van der Waals surface area (Å²) < 4.78 is 21.6. The molecule has 1 amide bonds. The predicted molar refractivity (Wildman–Crippen MR) is 121 cm³/mol. The topological polar surface area (TPSA) is 98.1 Å². The fourth-order valence-electron chi connectivity index (χ4n) is 3.27. The number of hydrogen-bond donors (Lipinski definition) is 0. The molecule has 0 aromatic heterocycles. The highest BCUT2D eigenvalue weighted by molar-refractivity contribution is 6.01. The van der Waals surface area contributed by atoms with E-state index in [2.05, 4.69) is 0 Å². The number of nitriles is 1. The Morgan fingerprint density at radius 3 is 2.58 bits per heavy atom. The first kappa shape index (κ1) is 23.8. The number of hydrogen-bond acceptors (Lipinski definition) is 7. The van der Waals surface area contributed by atoms with Gasteiger partial charge in [0.05, 0.1) is 20.3 Å². The van der Waals surface area contributed by atoms with E-state index in [1.807, 2.05) is 32.0 Å². The third-order valence-corrected chi connectivity index (χ3v) is 5.27. The van der Waals surface area contributed by atoms with Crippen LogP contribution in [0, 0.1) is 25.2 Å². The van der Waals surface area contributed by atoms with E-state index >= 15 is 0 Å². The van der Waals surface area contributed by atoms with Crippen LogP contribution in [-0.2, 0) is 14.3 Å². The van der Waals surface area contributed by atoms with Crippen molar-refractivity contribution in [3.8, 4) is 23.3 Å². The summed E-state index contributed by atoms with van der Waals surface area (Å²) in [6, 6.07) is 12.4. The Hall–Kier alpha value is -3.83. The first-order chi connectivity index (χ1) is 15.9. The number of morpholine rings is 1. The number of methoxy groups -OCH3 is 1. The maximum atomic E-state index is 12.6. The molecule has 33 heavy (non-hydrogen) atoms. The minimum absolute atomic E-state index is 0.00521. The lowest BCUT2D eigenvalue weighted by atomic mass is 10.1. The molecule has 1 aliphatic heterocycles. The zero-order chi connectivity index (χ0) is 23.8. The Balaban J connectivity index is 1.69. The van der Waals surface area contributed by atoms with Gasteiger partial charge in [0.1, 0.15) is 17.4 Å². The second-order valence-corrected chi connectivity index (χ2v) is 7.45. The summed E-state index contributed by atoms with van der Waals surface area (Å²) in [6.45, 7) is 5.41. The van der Waals surface area contributed by atoms with Crippen LogP contribution in [0.1, 0.15) is 16.7 Å². The Morgan fingerprint density at radius 2 is 1.88 bits per heavy atom. The van der Waals surface area contributed by atoms with Gasteiger partial charge < -0.3 is 23.8 Å². The van der Waals surface area contributed by atoms with E-state index in [-0.39, 0.29) is 23.8 Å². The first-order valence-electron chi connectivity index (χ1n) is 10.5. The standard InChI is InChI=1S/C25H26N2O6/c1-17-5-4-6-21(18(17)2)32-16-24(28)33-22-8-7-19(14-23(22)30-3)13-20(15-26)25(29)27-9-11-31-12-10-27/h4-8,13-14H,9-12,16H2,1-3H3/b20-13+. The van der Waals surface area contributed by atoms with Gasteiger partial charge in [0.25, 0.3) is 5.91 Å². The van der Waals surface area contributed by atoms with Crippen molar-refractivity contribution in [2.24, 2.45) is 0 Å². The van der Waals surface area contributed by atoms with Gasteiger partial charge in [-0.1, -0.05) is 18.2 Å². The van der Waals surface area contributed by atoms with E-state index in [1.54, 1.807) is 29.2 Å². The molecule has 1 saturated heterocycles. The Labute approximate surface area is 192 Å². The lowest BCUT2D eigenvalue weighted by molar-refractivity contribution is -0.136. The van der Waals surface area contributed by atoms with Crippen LogP contribution < -0.4 is 14.2 Å². The molecule has 172 valence electrons. The molecule has 0 saturated carbocycles. The quantitative estimate of drug-likeness (QED) is 0.277. The van der Waals surface area contributed by atoms with Gasteiger partial charge in [-0.3, -0.25) is 4.79 Å². The zero-order valence-electron chi connectivity index (χ0n) is 18.9. The largest absolute Gasteiger partial charge is 0.493 e. The number of aryl methyl sites for hydroxylation is 1. The SMILES string of the molecule is COc1cc(/C=C(\C#N)C(=O)N2CCOCC2)ccc1OC(=O)COc1cccc(C)c1C. The van der Waals surface area contributed by atoms with Crippen molar-refractivity contribution in [3.05, 3.63) is 58.7 Å². The van der Waals surface area contributed by atoms with Gasteiger partial charge in [0.2, 0.25) is 0 Å². The number of nitrogens with zero attached hydrogens (tertiary/aromatic N) is 2. The van der Waals surface area contributed by atoms with Crippen LogP contribution in [0.15, 0.2) is 42.0 Å². The summed E-state index contributed by atoms with van der Waals surface area (Å²) in [5.41, 5.74) is 2.59. The average Bonchev–Trinajstić information content (AvgIpc) is 2.84. The van der Waals surface area contributed by atoms with E-state index in [0.29, 0.717) is 43.4 Å². The molecule has 8 nitrogen and oxygen atoms in total. The van der Waals surface area contributed by atoms with Crippen LogP contribution in [0.4, 0.5) is 0 Å². The summed E-state index contributed by atoms with van der Waals surface area (Å²) in [6.07, 6.45) is 1.48. The molecule has 0 bridgehead atoms. The molecule has 0 aliphatic carbocycles. The smallest absolute Gasteiger partial charge is 0.349 e. The van der Waals surface area contributed by atoms with Crippen molar-refractivity contribution in [3.63, 3.8) is 0 Å². The number of rotatable bonds is 7.